The van der Waals surface area contributed by atoms with Crippen LogP contribution in [0, 0.1) is 0 Å². The molecular weight excluding hydrogens is 218 g/mol. The Bertz CT molecular complexity index is 415. The van der Waals surface area contributed by atoms with Crippen LogP contribution in [0.1, 0.15) is 6.92 Å². The summed E-state index contributed by atoms with van der Waals surface area (Å²) in [5.41, 5.74) is 0.471. The summed E-state index contributed by atoms with van der Waals surface area (Å²) in [5, 5.41) is 0.548. The Kier molecular flexibility index (Phi) is 2.36. The Hall–Kier alpha value is -1.55. The normalized spacial score (nSPS) is 20.7. The van der Waals surface area contributed by atoms with Crippen molar-refractivity contribution in [1.29, 1.82) is 0 Å². The highest BCUT2D eigenvalue weighted by Crippen LogP contribution is 2.23. The van der Waals surface area contributed by atoms with Gasteiger partial charge >= 0.3 is 6.09 Å². The molecule has 1 aliphatic heterocycles. The fourth-order valence-electron chi connectivity index (χ4n) is 1.35. The van der Waals surface area contributed by atoms with Gasteiger partial charge in [-0.2, -0.15) is 0 Å². The van der Waals surface area contributed by atoms with Crippen molar-refractivity contribution in [3.63, 3.8) is 0 Å². The van der Waals surface area contributed by atoms with Crippen molar-refractivity contribution in [2.45, 2.75) is 13.0 Å². The first kappa shape index (κ1) is 9.98. The number of imide groups is 1. The van der Waals surface area contributed by atoms with Crippen LogP contribution >= 0.6 is 11.6 Å². The molecule has 15 heavy (non-hydrogen) atoms. The molecule has 78 valence electrons. The molecule has 0 N–H and O–H groups in total. The first-order valence-corrected chi connectivity index (χ1v) is 4.77. The van der Waals surface area contributed by atoms with E-state index in [-0.39, 0.29) is 5.91 Å². The van der Waals surface area contributed by atoms with Crippen LogP contribution in [0.4, 0.5) is 10.5 Å². The van der Waals surface area contributed by atoms with Crippen molar-refractivity contribution < 1.29 is 14.3 Å². The van der Waals surface area contributed by atoms with Crippen LogP contribution in [0.3, 0.4) is 0 Å². The smallest absolute Gasteiger partial charge is 0.422 e. The third-order valence-electron chi connectivity index (χ3n) is 2.11. The molecule has 1 fully saturated rings. The molecule has 1 aromatic carbocycles. The lowest BCUT2D eigenvalue weighted by molar-refractivity contribution is -0.121. The van der Waals surface area contributed by atoms with E-state index in [2.05, 4.69) is 0 Å². The van der Waals surface area contributed by atoms with E-state index in [1.54, 1.807) is 24.3 Å². The second kappa shape index (κ2) is 3.55. The molecule has 1 heterocycles. The van der Waals surface area contributed by atoms with Crippen molar-refractivity contribution >= 4 is 29.3 Å². The summed E-state index contributed by atoms with van der Waals surface area (Å²) in [6.07, 6.45) is -1.36. The van der Waals surface area contributed by atoms with Crippen LogP contribution in [-0.2, 0) is 9.53 Å². The van der Waals surface area contributed by atoms with E-state index in [1.807, 2.05) is 0 Å². The van der Waals surface area contributed by atoms with Crippen molar-refractivity contribution in [2.75, 3.05) is 4.90 Å². The van der Waals surface area contributed by atoms with E-state index in [9.17, 15) is 9.59 Å². The number of carbonyl (C=O) groups excluding carboxylic acids is 2. The fraction of sp³-hybridized carbons (Fsp3) is 0.200. The lowest BCUT2D eigenvalue weighted by Crippen LogP contribution is -2.30. The van der Waals surface area contributed by atoms with Crippen LogP contribution in [0.5, 0.6) is 0 Å². The average molecular weight is 226 g/mol. The number of benzene rings is 1. The summed E-state index contributed by atoms with van der Waals surface area (Å²) in [6.45, 7) is 1.54. The number of anilines is 1. The average Bonchev–Trinajstić information content (AvgIpc) is 2.44. The summed E-state index contributed by atoms with van der Waals surface area (Å²) in [4.78, 5) is 23.9. The molecule has 0 aromatic heterocycles. The van der Waals surface area contributed by atoms with Crippen molar-refractivity contribution in [2.24, 2.45) is 0 Å². The second-order valence-electron chi connectivity index (χ2n) is 3.18. The number of rotatable bonds is 1. The lowest BCUT2D eigenvalue weighted by atomic mass is 10.3. The van der Waals surface area contributed by atoms with E-state index < -0.39 is 12.2 Å². The first-order chi connectivity index (χ1) is 7.09. The highest BCUT2D eigenvalue weighted by atomic mass is 35.5. The molecule has 1 saturated heterocycles. The van der Waals surface area contributed by atoms with E-state index in [0.717, 1.165) is 4.90 Å². The van der Waals surface area contributed by atoms with Gasteiger partial charge in [0.2, 0.25) is 0 Å². The van der Waals surface area contributed by atoms with Gasteiger partial charge in [0.05, 0.1) is 5.69 Å². The number of cyclic esters (lactones) is 1. The third kappa shape index (κ3) is 1.68. The Balaban J connectivity index is 2.35. The molecule has 0 radical (unpaired) electrons. The maximum atomic E-state index is 11.5. The number of hydrogen-bond donors (Lipinski definition) is 0. The molecule has 4 nitrogen and oxygen atoms in total. The fourth-order valence-corrected chi connectivity index (χ4v) is 1.47. The van der Waals surface area contributed by atoms with Gasteiger partial charge in [0.25, 0.3) is 5.91 Å². The van der Waals surface area contributed by atoms with Crippen molar-refractivity contribution in [3.8, 4) is 0 Å². The predicted octanol–water partition coefficient (Wildman–Crippen LogP) is 2.21. The largest absolute Gasteiger partial charge is 0.436 e. The van der Waals surface area contributed by atoms with Gasteiger partial charge in [0.1, 0.15) is 0 Å². The zero-order chi connectivity index (χ0) is 11.0. The topological polar surface area (TPSA) is 46.6 Å². The summed E-state index contributed by atoms with van der Waals surface area (Å²) in [5.74, 6) is -0.359. The van der Waals surface area contributed by atoms with Gasteiger partial charge in [-0.25, -0.2) is 9.69 Å². The van der Waals surface area contributed by atoms with E-state index in [0.29, 0.717) is 10.7 Å². The van der Waals surface area contributed by atoms with E-state index in [4.69, 9.17) is 16.3 Å². The molecule has 0 aliphatic carbocycles. The zero-order valence-electron chi connectivity index (χ0n) is 7.94. The minimum Gasteiger partial charge on any atom is -0.436 e. The molecule has 5 heteroatoms. The second-order valence-corrected chi connectivity index (χ2v) is 3.61. The molecular formula is C10H8ClNO3. The maximum absolute atomic E-state index is 11.5. The van der Waals surface area contributed by atoms with Gasteiger partial charge in [-0.1, -0.05) is 11.6 Å². The van der Waals surface area contributed by atoms with Crippen molar-refractivity contribution in [3.05, 3.63) is 29.3 Å². The third-order valence-corrected chi connectivity index (χ3v) is 2.37. The standard InChI is InChI=1S/C10H8ClNO3/c1-6-9(13)12(10(14)15-6)8-4-2-7(11)3-5-8/h2-6H,1H3. The Morgan fingerprint density at radius 1 is 1.27 bits per heavy atom. The Labute approximate surface area is 91.4 Å². The van der Waals surface area contributed by atoms with Gasteiger partial charge < -0.3 is 4.74 Å². The SMILES string of the molecule is CC1OC(=O)N(c2ccc(Cl)cc2)C1=O. The van der Waals surface area contributed by atoms with Crippen LogP contribution in [0.15, 0.2) is 24.3 Å². The van der Waals surface area contributed by atoms with Crippen LogP contribution in [0.25, 0.3) is 0 Å². The minimum atomic E-state index is -0.715. The van der Waals surface area contributed by atoms with Gasteiger partial charge in [0.15, 0.2) is 6.10 Å². The Morgan fingerprint density at radius 3 is 2.33 bits per heavy atom. The van der Waals surface area contributed by atoms with Crippen LogP contribution in [-0.4, -0.2) is 18.1 Å². The number of amides is 2. The van der Waals surface area contributed by atoms with Gasteiger partial charge in [0, 0.05) is 5.02 Å². The highest BCUT2D eigenvalue weighted by Gasteiger charge is 2.38. The number of ether oxygens (including phenoxy) is 1. The van der Waals surface area contributed by atoms with E-state index in [1.165, 1.54) is 6.92 Å². The summed E-state index contributed by atoms with van der Waals surface area (Å²) < 4.78 is 4.78. The van der Waals surface area contributed by atoms with Crippen LogP contribution < -0.4 is 4.90 Å². The molecule has 1 aliphatic rings. The van der Waals surface area contributed by atoms with Crippen molar-refractivity contribution in [1.82, 2.24) is 0 Å². The molecule has 2 amide bonds. The van der Waals surface area contributed by atoms with Gasteiger partial charge in [-0.05, 0) is 31.2 Å². The first-order valence-electron chi connectivity index (χ1n) is 4.40. The quantitative estimate of drug-likeness (QED) is 0.736. The molecule has 1 atom stereocenters. The van der Waals surface area contributed by atoms with Gasteiger partial charge in [-0.3, -0.25) is 4.79 Å². The summed E-state index contributed by atoms with van der Waals surface area (Å²) in [7, 11) is 0. The molecule has 0 saturated carbocycles. The lowest BCUT2D eigenvalue weighted by Gasteiger charge is -2.10. The van der Waals surface area contributed by atoms with Crippen LogP contribution in [0.2, 0.25) is 5.02 Å². The predicted molar refractivity (Wildman–Crippen MR) is 54.9 cm³/mol. The minimum absolute atomic E-state index is 0.359. The summed E-state index contributed by atoms with van der Waals surface area (Å²) >= 11 is 5.70. The number of nitrogens with zero attached hydrogens (tertiary/aromatic N) is 1. The monoisotopic (exact) mass is 225 g/mol. The Morgan fingerprint density at radius 2 is 1.87 bits per heavy atom. The number of carbonyl (C=O) groups is 2. The number of halogens is 1. The molecule has 1 unspecified atom stereocenters. The maximum Gasteiger partial charge on any atom is 0.422 e. The zero-order valence-corrected chi connectivity index (χ0v) is 8.69. The van der Waals surface area contributed by atoms with E-state index >= 15 is 0 Å². The highest BCUT2D eigenvalue weighted by molar-refractivity contribution is 6.30. The van der Waals surface area contributed by atoms with Gasteiger partial charge in [-0.15, -0.1) is 0 Å². The summed E-state index contributed by atoms with van der Waals surface area (Å²) in [6, 6.07) is 6.42. The molecule has 1 aromatic rings. The molecule has 0 spiro atoms. The number of hydrogen-bond acceptors (Lipinski definition) is 3. The molecule has 2 rings (SSSR count). The molecule has 0 bridgehead atoms.